The molecule has 0 aromatic carbocycles. The van der Waals surface area contributed by atoms with Crippen LogP contribution in [-0.4, -0.2) is 73.5 Å². The summed E-state index contributed by atoms with van der Waals surface area (Å²) < 4.78 is 5.41. The number of ether oxygens (including phenoxy) is 1. The average molecular weight is 570 g/mol. The highest BCUT2D eigenvalue weighted by Gasteiger charge is 2.07. The van der Waals surface area contributed by atoms with E-state index in [-0.39, 0.29) is 5.97 Å². The molecule has 0 amide bonds. The van der Waals surface area contributed by atoms with Crippen LogP contribution in [0, 0.1) is 0 Å². The maximum Gasteiger partial charge on any atom is 0.305 e. The number of nitrogens with zero attached hydrogens (tertiary/aromatic N) is 2. The van der Waals surface area contributed by atoms with E-state index in [0.717, 1.165) is 76.2 Å². The summed E-state index contributed by atoms with van der Waals surface area (Å²) in [5.41, 5.74) is 0. The molecule has 0 heterocycles. The van der Waals surface area contributed by atoms with Crippen LogP contribution in [0.4, 0.5) is 0 Å². The highest BCUT2D eigenvalue weighted by atomic mass is 32.1. The van der Waals surface area contributed by atoms with Gasteiger partial charge in [-0.2, -0.15) is 0 Å². The fourth-order valence-corrected chi connectivity index (χ4v) is 4.79. The molecule has 6 nitrogen and oxygen atoms in total. The molecular weight excluding hydrogens is 506 g/mol. The van der Waals surface area contributed by atoms with E-state index in [4.69, 9.17) is 17.0 Å². The first-order valence-corrected chi connectivity index (χ1v) is 16.6. The van der Waals surface area contributed by atoms with Gasteiger partial charge in [-0.05, 0) is 77.3 Å². The van der Waals surface area contributed by atoms with Crippen LogP contribution < -0.4 is 5.32 Å². The zero-order valence-corrected chi connectivity index (χ0v) is 27.0. The first kappa shape index (κ1) is 37.8. The molecule has 7 heteroatoms. The van der Waals surface area contributed by atoms with Crippen LogP contribution in [0.3, 0.4) is 0 Å². The van der Waals surface area contributed by atoms with Crippen molar-refractivity contribution >= 4 is 29.1 Å². The van der Waals surface area contributed by atoms with Crippen LogP contribution >= 0.6 is 12.2 Å². The van der Waals surface area contributed by atoms with Crippen molar-refractivity contribution in [3.63, 3.8) is 0 Å². The van der Waals surface area contributed by atoms with Crippen molar-refractivity contribution in [2.75, 3.05) is 46.9 Å². The third kappa shape index (κ3) is 28.1. The lowest BCUT2D eigenvalue weighted by atomic mass is 10.1. The predicted molar refractivity (Wildman–Crippen MR) is 170 cm³/mol. The minimum Gasteiger partial charge on any atom is -0.466 e. The highest BCUT2D eigenvalue weighted by molar-refractivity contribution is 7.80. The number of carbonyl (C=O) groups excluding carboxylic acids is 2. The van der Waals surface area contributed by atoms with Crippen LogP contribution in [0.1, 0.15) is 142 Å². The van der Waals surface area contributed by atoms with Crippen molar-refractivity contribution in [1.82, 2.24) is 15.1 Å². The normalized spacial score (nSPS) is 11.1. The predicted octanol–water partition coefficient (Wildman–Crippen LogP) is 7.68. The van der Waals surface area contributed by atoms with Crippen molar-refractivity contribution in [3.05, 3.63) is 0 Å². The molecule has 0 bridgehead atoms. The first-order chi connectivity index (χ1) is 18.9. The smallest absolute Gasteiger partial charge is 0.305 e. The molecule has 0 aliphatic rings. The van der Waals surface area contributed by atoms with Crippen molar-refractivity contribution in [2.24, 2.45) is 0 Å². The standard InChI is InChI=1S/C32H63N3O3S/c1-5-6-7-8-9-16-21-29-38-31(37)24-18-13-11-15-20-27-35(28-22-25-33-32(39)34(3)4)26-19-14-10-12-17-23-30(2)36/h5-29H2,1-4H3,(H,33,39). The van der Waals surface area contributed by atoms with Gasteiger partial charge >= 0.3 is 5.97 Å². The van der Waals surface area contributed by atoms with Gasteiger partial charge in [-0.15, -0.1) is 0 Å². The van der Waals surface area contributed by atoms with E-state index in [1.807, 2.05) is 19.0 Å². The third-order valence-electron chi connectivity index (χ3n) is 7.20. The second-order valence-corrected chi connectivity index (χ2v) is 11.8. The number of hydrogen-bond acceptors (Lipinski definition) is 5. The molecule has 230 valence electrons. The van der Waals surface area contributed by atoms with E-state index in [1.165, 1.54) is 77.0 Å². The molecule has 0 aromatic heterocycles. The van der Waals surface area contributed by atoms with Gasteiger partial charge in [0.25, 0.3) is 0 Å². The molecule has 0 atom stereocenters. The van der Waals surface area contributed by atoms with Gasteiger partial charge in [0.2, 0.25) is 0 Å². The summed E-state index contributed by atoms with van der Waals surface area (Å²) in [5.74, 6) is 0.290. The number of ketones is 1. The van der Waals surface area contributed by atoms with Gasteiger partial charge in [-0.3, -0.25) is 4.79 Å². The van der Waals surface area contributed by atoms with Gasteiger partial charge in [0.15, 0.2) is 5.11 Å². The lowest BCUT2D eigenvalue weighted by molar-refractivity contribution is -0.143. The SMILES string of the molecule is CCCCCCCCCOC(=O)CCCCCCCN(CCCCCCCC(C)=O)CCCNC(=S)N(C)C. The Morgan fingerprint density at radius 3 is 1.72 bits per heavy atom. The number of thiocarbonyl (C=S) groups is 1. The Kier molecular flexibility index (Phi) is 27.4. The highest BCUT2D eigenvalue weighted by Crippen LogP contribution is 2.11. The minimum absolute atomic E-state index is 0.0178. The van der Waals surface area contributed by atoms with Crippen molar-refractivity contribution in [3.8, 4) is 0 Å². The Bertz CT molecular complexity index is 601. The number of rotatable bonds is 28. The van der Waals surface area contributed by atoms with Crippen LogP contribution in [0.15, 0.2) is 0 Å². The van der Waals surface area contributed by atoms with E-state index in [1.54, 1.807) is 6.92 Å². The lowest BCUT2D eigenvalue weighted by Gasteiger charge is -2.23. The fraction of sp³-hybridized carbons (Fsp3) is 0.906. The van der Waals surface area contributed by atoms with Crippen LogP contribution in [0.2, 0.25) is 0 Å². The summed E-state index contributed by atoms with van der Waals surface area (Å²) in [7, 11) is 3.94. The maximum absolute atomic E-state index is 12.0. The molecule has 0 saturated carbocycles. The first-order valence-electron chi connectivity index (χ1n) is 16.2. The van der Waals surface area contributed by atoms with Gasteiger partial charge in [-0.25, -0.2) is 0 Å². The largest absolute Gasteiger partial charge is 0.466 e. The number of hydrogen-bond donors (Lipinski definition) is 1. The molecular formula is C32H63N3O3S. The van der Waals surface area contributed by atoms with E-state index in [2.05, 4.69) is 17.1 Å². The Labute approximate surface area is 247 Å². The zero-order chi connectivity index (χ0) is 29.0. The summed E-state index contributed by atoms with van der Waals surface area (Å²) in [6.45, 7) is 8.82. The number of Topliss-reactive ketones (excluding diaryl/α,β-unsaturated/α-hetero) is 1. The number of esters is 1. The molecule has 0 aliphatic carbocycles. The van der Waals surface area contributed by atoms with E-state index in [9.17, 15) is 9.59 Å². The van der Waals surface area contributed by atoms with Gasteiger partial charge in [0.1, 0.15) is 5.78 Å². The Morgan fingerprint density at radius 1 is 0.667 bits per heavy atom. The molecule has 1 N–H and O–H groups in total. The summed E-state index contributed by atoms with van der Waals surface area (Å²) in [6.07, 6.45) is 22.7. The Balaban J connectivity index is 3.93. The quantitative estimate of drug-likeness (QED) is 0.0589. The van der Waals surface area contributed by atoms with E-state index < -0.39 is 0 Å². The fourth-order valence-electron chi connectivity index (χ4n) is 4.68. The van der Waals surface area contributed by atoms with Gasteiger partial charge in [0.05, 0.1) is 6.61 Å². The van der Waals surface area contributed by atoms with Crippen LogP contribution in [-0.2, 0) is 14.3 Å². The second-order valence-electron chi connectivity index (χ2n) is 11.4. The van der Waals surface area contributed by atoms with Gasteiger partial charge < -0.3 is 24.6 Å². The maximum atomic E-state index is 12.0. The number of carbonyl (C=O) groups is 2. The van der Waals surface area contributed by atoms with Gasteiger partial charge in [-0.1, -0.05) is 84.0 Å². The molecule has 0 radical (unpaired) electrons. The molecule has 0 fully saturated rings. The minimum atomic E-state index is -0.0178. The van der Waals surface area contributed by atoms with Crippen LogP contribution in [0.5, 0.6) is 0 Å². The second kappa shape index (κ2) is 28.3. The molecule has 0 rings (SSSR count). The molecule has 0 spiro atoms. The van der Waals surface area contributed by atoms with Crippen molar-refractivity contribution in [1.29, 1.82) is 0 Å². The summed E-state index contributed by atoms with van der Waals surface area (Å²) in [5, 5.41) is 4.13. The number of unbranched alkanes of at least 4 members (excludes halogenated alkanes) is 14. The zero-order valence-electron chi connectivity index (χ0n) is 26.2. The summed E-state index contributed by atoms with van der Waals surface area (Å²) in [4.78, 5) is 27.6. The van der Waals surface area contributed by atoms with E-state index in [0.29, 0.717) is 18.8 Å². The van der Waals surface area contributed by atoms with Crippen molar-refractivity contribution in [2.45, 2.75) is 142 Å². The molecule has 39 heavy (non-hydrogen) atoms. The Hall–Kier alpha value is -1.21. The molecule has 0 aromatic rings. The molecule has 0 aliphatic heterocycles. The monoisotopic (exact) mass is 569 g/mol. The van der Waals surface area contributed by atoms with Crippen molar-refractivity contribution < 1.29 is 14.3 Å². The van der Waals surface area contributed by atoms with E-state index >= 15 is 0 Å². The summed E-state index contributed by atoms with van der Waals surface area (Å²) >= 11 is 5.33. The molecule has 0 saturated heterocycles. The topological polar surface area (TPSA) is 61.9 Å². The molecule has 0 unspecified atom stereocenters. The average Bonchev–Trinajstić information content (AvgIpc) is 2.90. The third-order valence-corrected chi connectivity index (χ3v) is 7.71. The summed E-state index contributed by atoms with van der Waals surface area (Å²) in [6, 6.07) is 0. The van der Waals surface area contributed by atoms with Crippen LogP contribution in [0.25, 0.3) is 0 Å². The Morgan fingerprint density at radius 2 is 1.15 bits per heavy atom. The lowest BCUT2D eigenvalue weighted by Crippen LogP contribution is -2.36. The van der Waals surface area contributed by atoms with Gasteiger partial charge in [0, 0.05) is 33.5 Å². The number of nitrogens with one attached hydrogen (secondary N) is 1.